The molecular formula is C20H25NO7. The summed E-state index contributed by atoms with van der Waals surface area (Å²) >= 11 is 0. The van der Waals surface area contributed by atoms with Crippen LogP contribution in [-0.4, -0.2) is 39.4 Å². The van der Waals surface area contributed by atoms with Crippen LogP contribution < -0.4 is 15.2 Å². The molecule has 1 heterocycles. The number of ether oxygens (including phenoxy) is 5. The molecule has 8 nitrogen and oxygen atoms in total. The summed E-state index contributed by atoms with van der Waals surface area (Å²) in [6, 6.07) is 5.06. The summed E-state index contributed by atoms with van der Waals surface area (Å²) in [6.45, 7) is 5.24. The lowest BCUT2D eigenvalue weighted by Crippen LogP contribution is -2.30. The molecule has 0 bridgehead atoms. The van der Waals surface area contributed by atoms with Crippen molar-refractivity contribution in [1.82, 2.24) is 0 Å². The molecule has 0 saturated heterocycles. The Morgan fingerprint density at radius 3 is 2.18 bits per heavy atom. The van der Waals surface area contributed by atoms with E-state index in [1.54, 1.807) is 39.0 Å². The smallest absolute Gasteiger partial charge is 0.340 e. The first kappa shape index (κ1) is 21.1. The van der Waals surface area contributed by atoms with Gasteiger partial charge in [0, 0.05) is 5.56 Å². The zero-order valence-electron chi connectivity index (χ0n) is 16.7. The molecule has 0 fully saturated rings. The highest BCUT2D eigenvalue weighted by Gasteiger charge is 2.41. The van der Waals surface area contributed by atoms with Crippen molar-refractivity contribution in [2.45, 2.75) is 26.7 Å². The van der Waals surface area contributed by atoms with E-state index in [0.717, 1.165) is 0 Å². The Hall–Kier alpha value is -3.16. The largest absolute Gasteiger partial charge is 0.497 e. The van der Waals surface area contributed by atoms with Gasteiger partial charge in [-0.15, -0.1) is 0 Å². The van der Waals surface area contributed by atoms with E-state index in [9.17, 15) is 9.59 Å². The lowest BCUT2D eigenvalue weighted by Gasteiger charge is -2.29. The molecule has 152 valence electrons. The Morgan fingerprint density at radius 2 is 1.64 bits per heavy atom. The molecule has 2 rings (SSSR count). The minimum absolute atomic E-state index is 0.00190. The molecular weight excluding hydrogens is 366 g/mol. The summed E-state index contributed by atoms with van der Waals surface area (Å²) in [4.78, 5) is 25.4. The Kier molecular flexibility index (Phi) is 6.92. The first-order valence-electron chi connectivity index (χ1n) is 8.83. The number of hydrogen-bond donors (Lipinski definition) is 1. The standard InChI is InChI=1S/C20H25NO7/c1-6-26-19(22)15-11(3)28-18(21)17(20(23)27-7-2)16(15)13-10-12(24-4)8-9-14(13)25-5/h8-10,16H,6-7,21H2,1-5H3/t16-/m1/s1. The molecule has 2 N–H and O–H groups in total. The number of allylic oxidation sites excluding steroid dienone is 1. The summed E-state index contributed by atoms with van der Waals surface area (Å²) in [5, 5.41) is 0. The molecule has 1 aliphatic heterocycles. The average Bonchev–Trinajstić information content (AvgIpc) is 2.66. The normalized spacial score (nSPS) is 16.4. The monoisotopic (exact) mass is 391 g/mol. The maximum absolute atomic E-state index is 12.7. The van der Waals surface area contributed by atoms with Crippen LogP contribution in [0.2, 0.25) is 0 Å². The summed E-state index contributed by atoms with van der Waals surface area (Å²) < 4.78 is 26.6. The lowest BCUT2D eigenvalue weighted by atomic mass is 9.82. The van der Waals surface area contributed by atoms with Crippen molar-refractivity contribution in [1.29, 1.82) is 0 Å². The molecule has 8 heteroatoms. The highest BCUT2D eigenvalue weighted by molar-refractivity contribution is 5.99. The summed E-state index contributed by atoms with van der Waals surface area (Å²) in [5.74, 6) is -1.16. The second-order valence-corrected chi connectivity index (χ2v) is 5.83. The average molecular weight is 391 g/mol. The maximum Gasteiger partial charge on any atom is 0.340 e. The number of benzene rings is 1. The van der Waals surface area contributed by atoms with Gasteiger partial charge < -0.3 is 29.4 Å². The number of carbonyl (C=O) groups excluding carboxylic acids is 2. The number of hydrogen-bond acceptors (Lipinski definition) is 8. The SMILES string of the molecule is CCOC(=O)C1=C(C)OC(N)=C(C(=O)OCC)[C@@H]1c1cc(OC)ccc1OC. The van der Waals surface area contributed by atoms with Gasteiger partial charge in [0.15, 0.2) is 0 Å². The van der Waals surface area contributed by atoms with Crippen LogP contribution in [0.25, 0.3) is 0 Å². The molecule has 1 aromatic rings. The van der Waals surface area contributed by atoms with Crippen LogP contribution >= 0.6 is 0 Å². The topological polar surface area (TPSA) is 106 Å². The fourth-order valence-corrected chi connectivity index (χ4v) is 3.04. The summed E-state index contributed by atoms with van der Waals surface area (Å²) in [7, 11) is 3.00. The van der Waals surface area contributed by atoms with Crippen molar-refractivity contribution in [3.05, 3.63) is 46.6 Å². The zero-order chi connectivity index (χ0) is 20.8. The third kappa shape index (κ3) is 4.05. The van der Waals surface area contributed by atoms with E-state index in [1.165, 1.54) is 14.2 Å². The van der Waals surface area contributed by atoms with Gasteiger partial charge in [-0.25, -0.2) is 9.59 Å². The van der Waals surface area contributed by atoms with Gasteiger partial charge in [0.2, 0.25) is 5.88 Å². The van der Waals surface area contributed by atoms with Gasteiger partial charge in [-0.2, -0.15) is 0 Å². The first-order valence-corrected chi connectivity index (χ1v) is 8.83. The van der Waals surface area contributed by atoms with Gasteiger partial charge in [-0.3, -0.25) is 0 Å². The van der Waals surface area contributed by atoms with Crippen molar-refractivity contribution in [3.63, 3.8) is 0 Å². The first-order chi connectivity index (χ1) is 13.4. The fourth-order valence-electron chi connectivity index (χ4n) is 3.04. The van der Waals surface area contributed by atoms with Crippen molar-refractivity contribution in [2.75, 3.05) is 27.4 Å². The minimum Gasteiger partial charge on any atom is -0.497 e. The molecule has 0 unspecified atom stereocenters. The highest BCUT2D eigenvalue weighted by atomic mass is 16.5. The van der Waals surface area contributed by atoms with E-state index in [2.05, 4.69) is 0 Å². The Balaban J connectivity index is 2.76. The fraction of sp³-hybridized carbons (Fsp3) is 0.400. The van der Waals surface area contributed by atoms with E-state index < -0.39 is 17.9 Å². The molecule has 0 aromatic heterocycles. The molecule has 0 radical (unpaired) electrons. The molecule has 0 amide bonds. The molecule has 0 spiro atoms. The van der Waals surface area contributed by atoms with E-state index >= 15 is 0 Å². The number of esters is 2. The van der Waals surface area contributed by atoms with Crippen LogP contribution in [0.4, 0.5) is 0 Å². The molecule has 1 aromatic carbocycles. The second kappa shape index (κ2) is 9.16. The number of carbonyl (C=O) groups is 2. The lowest BCUT2D eigenvalue weighted by molar-refractivity contribution is -0.140. The van der Waals surface area contributed by atoms with Gasteiger partial charge in [-0.1, -0.05) is 0 Å². The van der Waals surface area contributed by atoms with Crippen LogP contribution in [0, 0.1) is 0 Å². The predicted octanol–water partition coefficient (Wildman–Crippen LogP) is 2.39. The van der Waals surface area contributed by atoms with Gasteiger partial charge in [0.1, 0.15) is 22.8 Å². The third-order valence-electron chi connectivity index (χ3n) is 4.22. The Labute approximate surface area is 163 Å². The molecule has 28 heavy (non-hydrogen) atoms. The predicted molar refractivity (Wildman–Crippen MR) is 101 cm³/mol. The molecule has 0 aliphatic carbocycles. The maximum atomic E-state index is 12.7. The van der Waals surface area contributed by atoms with Crippen LogP contribution in [0.15, 0.2) is 41.0 Å². The van der Waals surface area contributed by atoms with E-state index in [0.29, 0.717) is 17.1 Å². The van der Waals surface area contributed by atoms with Crippen LogP contribution in [0.1, 0.15) is 32.3 Å². The Morgan fingerprint density at radius 1 is 1.04 bits per heavy atom. The molecule has 1 atom stereocenters. The van der Waals surface area contributed by atoms with Crippen molar-refractivity contribution in [3.8, 4) is 11.5 Å². The van der Waals surface area contributed by atoms with Crippen LogP contribution in [0.5, 0.6) is 11.5 Å². The van der Waals surface area contributed by atoms with Gasteiger partial charge in [0.05, 0.1) is 38.9 Å². The molecule has 1 aliphatic rings. The number of nitrogens with two attached hydrogens (primary N) is 1. The third-order valence-corrected chi connectivity index (χ3v) is 4.22. The zero-order valence-corrected chi connectivity index (χ0v) is 16.7. The van der Waals surface area contributed by atoms with Crippen LogP contribution in [-0.2, 0) is 23.8 Å². The van der Waals surface area contributed by atoms with E-state index in [4.69, 9.17) is 29.4 Å². The Bertz CT molecular complexity index is 786. The van der Waals surface area contributed by atoms with E-state index in [1.807, 2.05) is 0 Å². The van der Waals surface area contributed by atoms with Crippen molar-refractivity contribution in [2.24, 2.45) is 5.73 Å². The highest BCUT2D eigenvalue weighted by Crippen LogP contribution is 2.44. The van der Waals surface area contributed by atoms with Gasteiger partial charge in [-0.05, 0) is 39.0 Å². The molecule has 0 saturated carbocycles. The van der Waals surface area contributed by atoms with Crippen molar-refractivity contribution >= 4 is 11.9 Å². The van der Waals surface area contributed by atoms with Crippen LogP contribution in [0.3, 0.4) is 0 Å². The van der Waals surface area contributed by atoms with Gasteiger partial charge in [0.25, 0.3) is 0 Å². The summed E-state index contributed by atoms with van der Waals surface area (Å²) in [5.41, 5.74) is 6.67. The quantitative estimate of drug-likeness (QED) is 0.706. The van der Waals surface area contributed by atoms with Crippen molar-refractivity contribution < 1.29 is 33.3 Å². The van der Waals surface area contributed by atoms with Gasteiger partial charge >= 0.3 is 11.9 Å². The number of methoxy groups -OCH3 is 2. The minimum atomic E-state index is -0.906. The number of rotatable bonds is 7. The summed E-state index contributed by atoms with van der Waals surface area (Å²) in [6.07, 6.45) is 0. The van der Waals surface area contributed by atoms with E-state index in [-0.39, 0.29) is 36.0 Å². The second-order valence-electron chi connectivity index (χ2n) is 5.83.